The summed E-state index contributed by atoms with van der Waals surface area (Å²) < 4.78 is 16.7. The van der Waals surface area contributed by atoms with Crippen LogP contribution in [0.15, 0.2) is 84.9 Å². The molecule has 4 rings (SSSR count). The van der Waals surface area contributed by atoms with Gasteiger partial charge in [-0.3, -0.25) is 4.79 Å². The van der Waals surface area contributed by atoms with Crippen LogP contribution < -0.4 is 14.8 Å². The summed E-state index contributed by atoms with van der Waals surface area (Å²) in [4.78, 5) is 25.0. The van der Waals surface area contributed by atoms with Gasteiger partial charge in [-0.2, -0.15) is 0 Å². The number of methoxy groups -OCH3 is 1. The highest BCUT2D eigenvalue weighted by molar-refractivity contribution is 6.08. The molecule has 0 heterocycles. The minimum atomic E-state index is -0.522. The molecule has 4 aromatic carbocycles. The Morgan fingerprint density at radius 3 is 2.41 bits per heavy atom. The Hall–Kier alpha value is -4.32. The standard InChI is InChI=1S/C28H25NO5/c1-3-33-25-16-15-20(27(30)29-24-13-7-6-12-23(24)28(31)32-2)17-21(25)18-34-26-14-8-10-19-9-4-5-11-22(19)26/h4-17H,3,18H2,1-2H3,(H,29,30). The van der Waals surface area contributed by atoms with Crippen molar-refractivity contribution in [2.45, 2.75) is 13.5 Å². The van der Waals surface area contributed by atoms with E-state index in [1.807, 2.05) is 49.4 Å². The fraction of sp³-hybridized carbons (Fsp3) is 0.143. The van der Waals surface area contributed by atoms with Crippen LogP contribution in [0.3, 0.4) is 0 Å². The summed E-state index contributed by atoms with van der Waals surface area (Å²) in [5.74, 6) is 0.522. The van der Waals surface area contributed by atoms with Crippen molar-refractivity contribution in [3.63, 3.8) is 0 Å². The molecule has 0 aromatic heterocycles. The lowest BCUT2D eigenvalue weighted by Gasteiger charge is -2.15. The van der Waals surface area contributed by atoms with Crippen LogP contribution in [0.25, 0.3) is 10.8 Å². The molecule has 4 aromatic rings. The Labute approximate surface area is 198 Å². The molecular weight excluding hydrogens is 430 g/mol. The number of hydrogen-bond acceptors (Lipinski definition) is 5. The van der Waals surface area contributed by atoms with Crippen LogP contribution in [-0.2, 0) is 11.3 Å². The van der Waals surface area contributed by atoms with E-state index in [0.29, 0.717) is 23.6 Å². The minimum absolute atomic E-state index is 0.225. The van der Waals surface area contributed by atoms with E-state index in [0.717, 1.165) is 22.1 Å². The summed E-state index contributed by atoms with van der Waals surface area (Å²) in [6.45, 7) is 2.61. The number of rotatable bonds is 8. The molecule has 0 saturated heterocycles. The molecular formula is C28H25NO5. The number of para-hydroxylation sites is 1. The van der Waals surface area contributed by atoms with E-state index < -0.39 is 5.97 Å². The van der Waals surface area contributed by atoms with Crippen molar-refractivity contribution in [1.82, 2.24) is 0 Å². The number of nitrogens with one attached hydrogen (secondary N) is 1. The number of anilines is 1. The molecule has 34 heavy (non-hydrogen) atoms. The maximum absolute atomic E-state index is 13.0. The smallest absolute Gasteiger partial charge is 0.339 e. The Balaban J connectivity index is 1.58. The number of fused-ring (bicyclic) bond motifs is 1. The van der Waals surface area contributed by atoms with Crippen LogP contribution in [0.4, 0.5) is 5.69 Å². The average Bonchev–Trinajstić information content (AvgIpc) is 2.88. The molecule has 0 radical (unpaired) electrons. The molecule has 0 fully saturated rings. The van der Waals surface area contributed by atoms with Gasteiger partial charge in [0.15, 0.2) is 0 Å². The summed E-state index contributed by atoms with van der Waals surface area (Å²) in [5.41, 5.74) is 1.81. The Morgan fingerprint density at radius 1 is 0.824 bits per heavy atom. The maximum atomic E-state index is 13.0. The zero-order valence-electron chi connectivity index (χ0n) is 19.0. The first kappa shape index (κ1) is 22.9. The lowest BCUT2D eigenvalue weighted by Crippen LogP contribution is -2.16. The van der Waals surface area contributed by atoms with Crippen LogP contribution in [0.2, 0.25) is 0 Å². The van der Waals surface area contributed by atoms with Crippen molar-refractivity contribution in [1.29, 1.82) is 0 Å². The van der Waals surface area contributed by atoms with Crippen LogP contribution in [-0.4, -0.2) is 25.6 Å². The average molecular weight is 456 g/mol. The first-order valence-corrected chi connectivity index (χ1v) is 11.0. The normalized spacial score (nSPS) is 10.5. The molecule has 6 nitrogen and oxygen atoms in total. The predicted octanol–water partition coefficient (Wildman–Crippen LogP) is 5.86. The van der Waals surface area contributed by atoms with Gasteiger partial charge in [-0.15, -0.1) is 0 Å². The third kappa shape index (κ3) is 5.02. The monoisotopic (exact) mass is 455 g/mol. The van der Waals surface area contributed by atoms with Crippen LogP contribution in [0.1, 0.15) is 33.2 Å². The van der Waals surface area contributed by atoms with Crippen LogP contribution >= 0.6 is 0 Å². The van der Waals surface area contributed by atoms with E-state index in [4.69, 9.17) is 14.2 Å². The van der Waals surface area contributed by atoms with Gasteiger partial charge in [-0.25, -0.2) is 4.79 Å². The lowest BCUT2D eigenvalue weighted by molar-refractivity contribution is 0.0602. The fourth-order valence-electron chi connectivity index (χ4n) is 3.68. The molecule has 0 aliphatic carbocycles. The summed E-state index contributed by atoms with van der Waals surface area (Å²) in [6, 6.07) is 25.8. The molecule has 0 unspecified atom stereocenters. The summed E-state index contributed by atoms with van der Waals surface area (Å²) in [6.07, 6.45) is 0. The highest BCUT2D eigenvalue weighted by atomic mass is 16.5. The molecule has 6 heteroatoms. The highest BCUT2D eigenvalue weighted by Crippen LogP contribution is 2.28. The van der Waals surface area contributed by atoms with Gasteiger partial charge in [0.05, 0.1) is 25.0 Å². The number of esters is 1. The topological polar surface area (TPSA) is 73.9 Å². The molecule has 0 spiro atoms. The SMILES string of the molecule is CCOc1ccc(C(=O)Nc2ccccc2C(=O)OC)cc1COc1cccc2ccccc12. The number of carbonyl (C=O) groups excluding carboxylic acids is 2. The number of ether oxygens (including phenoxy) is 3. The molecule has 0 atom stereocenters. The zero-order valence-corrected chi connectivity index (χ0v) is 19.0. The summed E-state index contributed by atoms with van der Waals surface area (Å²) >= 11 is 0. The van der Waals surface area contributed by atoms with Gasteiger partial charge < -0.3 is 19.5 Å². The molecule has 0 aliphatic heterocycles. The second kappa shape index (κ2) is 10.5. The van der Waals surface area contributed by atoms with Gasteiger partial charge in [0.1, 0.15) is 18.1 Å². The maximum Gasteiger partial charge on any atom is 0.339 e. The zero-order chi connectivity index (χ0) is 23.9. The summed E-state index contributed by atoms with van der Waals surface area (Å²) in [7, 11) is 1.30. The Kier molecular flexibility index (Phi) is 7.08. The Bertz CT molecular complexity index is 1330. The third-order valence-electron chi connectivity index (χ3n) is 5.34. The van der Waals surface area contributed by atoms with Crippen molar-refractivity contribution in [2.24, 2.45) is 0 Å². The van der Waals surface area contributed by atoms with E-state index in [-0.39, 0.29) is 18.1 Å². The van der Waals surface area contributed by atoms with Gasteiger partial charge >= 0.3 is 5.97 Å². The van der Waals surface area contributed by atoms with Gasteiger partial charge in [-0.05, 0) is 48.7 Å². The fourth-order valence-corrected chi connectivity index (χ4v) is 3.68. The van der Waals surface area contributed by atoms with Crippen molar-refractivity contribution in [3.8, 4) is 11.5 Å². The molecule has 172 valence electrons. The number of amides is 1. The van der Waals surface area contributed by atoms with Crippen molar-refractivity contribution in [2.75, 3.05) is 19.0 Å². The first-order valence-electron chi connectivity index (χ1n) is 11.0. The van der Waals surface area contributed by atoms with Crippen molar-refractivity contribution >= 4 is 28.3 Å². The lowest BCUT2D eigenvalue weighted by atomic mass is 10.1. The van der Waals surface area contributed by atoms with E-state index in [1.165, 1.54) is 7.11 Å². The molecule has 1 amide bonds. The van der Waals surface area contributed by atoms with Gasteiger partial charge in [0.2, 0.25) is 0 Å². The van der Waals surface area contributed by atoms with Gasteiger partial charge in [0.25, 0.3) is 5.91 Å². The van der Waals surface area contributed by atoms with Crippen molar-refractivity contribution in [3.05, 3.63) is 102 Å². The van der Waals surface area contributed by atoms with Crippen LogP contribution in [0.5, 0.6) is 11.5 Å². The summed E-state index contributed by atoms with van der Waals surface area (Å²) in [5, 5.41) is 4.89. The second-order valence-electron chi connectivity index (χ2n) is 7.51. The predicted molar refractivity (Wildman–Crippen MR) is 132 cm³/mol. The molecule has 0 aliphatic rings. The minimum Gasteiger partial charge on any atom is -0.493 e. The molecule has 0 bridgehead atoms. The molecule has 0 saturated carbocycles. The highest BCUT2D eigenvalue weighted by Gasteiger charge is 2.16. The second-order valence-corrected chi connectivity index (χ2v) is 7.51. The van der Waals surface area contributed by atoms with E-state index in [9.17, 15) is 9.59 Å². The van der Waals surface area contributed by atoms with E-state index in [2.05, 4.69) is 5.32 Å². The number of hydrogen-bond donors (Lipinski definition) is 1. The largest absolute Gasteiger partial charge is 0.493 e. The third-order valence-corrected chi connectivity index (χ3v) is 5.34. The van der Waals surface area contributed by atoms with E-state index in [1.54, 1.807) is 42.5 Å². The Morgan fingerprint density at radius 2 is 1.59 bits per heavy atom. The number of benzene rings is 4. The molecule has 1 N–H and O–H groups in total. The van der Waals surface area contributed by atoms with Crippen molar-refractivity contribution < 1.29 is 23.8 Å². The first-order chi connectivity index (χ1) is 16.6. The number of carbonyl (C=O) groups is 2. The van der Waals surface area contributed by atoms with Gasteiger partial charge in [-0.1, -0.05) is 48.5 Å². The van der Waals surface area contributed by atoms with Gasteiger partial charge in [0, 0.05) is 16.5 Å². The van der Waals surface area contributed by atoms with Crippen LogP contribution in [0, 0.1) is 0 Å². The van der Waals surface area contributed by atoms with E-state index >= 15 is 0 Å². The quantitative estimate of drug-likeness (QED) is 0.337.